The molecule has 0 radical (unpaired) electrons. The Bertz CT molecular complexity index is 692. The summed E-state index contributed by atoms with van der Waals surface area (Å²) in [7, 11) is 0. The minimum atomic E-state index is -0.169. The lowest BCUT2D eigenvalue weighted by Crippen LogP contribution is -2.15. The Balaban J connectivity index is 3.04. The van der Waals surface area contributed by atoms with Crippen LogP contribution >= 0.6 is 0 Å². The molecule has 0 saturated carbocycles. The molecule has 2 heteroatoms. The van der Waals surface area contributed by atoms with Gasteiger partial charge in [0.25, 0.3) is 0 Å². The molecule has 0 bridgehead atoms. The van der Waals surface area contributed by atoms with Gasteiger partial charge < -0.3 is 0 Å². The van der Waals surface area contributed by atoms with Gasteiger partial charge in [-0.3, -0.25) is 0 Å². The Morgan fingerprint density at radius 3 is 2.22 bits per heavy atom. The molecule has 0 aliphatic heterocycles. The van der Waals surface area contributed by atoms with Gasteiger partial charge in [-0.1, -0.05) is 45.0 Å². The monoisotopic (exact) mass is 234 g/mol. The van der Waals surface area contributed by atoms with Gasteiger partial charge in [-0.25, -0.2) is 0 Å². The lowest BCUT2D eigenvalue weighted by atomic mass is 9.79. The van der Waals surface area contributed by atoms with E-state index in [0.29, 0.717) is 11.1 Å². The predicted molar refractivity (Wildman–Crippen MR) is 72.1 cm³/mol. The molecule has 0 aliphatic rings. The maximum absolute atomic E-state index is 9.35. The van der Waals surface area contributed by atoms with E-state index >= 15 is 0 Å². The van der Waals surface area contributed by atoms with E-state index in [4.69, 9.17) is 0 Å². The lowest BCUT2D eigenvalue weighted by Gasteiger charge is -2.23. The zero-order chi connectivity index (χ0) is 13.3. The maximum Gasteiger partial charge on any atom is 0.101 e. The molecule has 0 amide bonds. The Hall–Kier alpha value is -2.32. The van der Waals surface area contributed by atoms with Crippen LogP contribution in [0.5, 0.6) is 0 Å². The third-order valence-corrected chi connectivity index (χ3v) is 3.03. The van der Waals surface area contributed by atoms with Crippen LogP contribution in [0.1, 0.15) is 37.5 Å². The van der Waals surface area contributed by atoms with Crippen molar-refractivity contribution >= 4 is 10.8 Å². The second-order valence-corrected chi connectivity index (χ2v) is 5.37. The first-order valence-corrected chi connectivity index (χ1v) is 5.85. The van der Waals surface area contributed by atoms with Crippen molar-refractivity contribution in [2.75, 3.05) is 0 Å². The van der Waals surface area contributed by atoms with E-state index in [-0.39, 0.29) is 5.41 Å². The summed E-state index contributed by atoms with van der Waals surface area (Å²) in [4.78, 5) is 0. The topological polar surface area (TPSA) is 47.6 Å². The smallest absolute Gasteiger partial charge is 0.101 e. The van der Waals surface area contributed by atoms with Gasteiger partial charge >= 0.3 is 0 Å². The van der Waals surface area contributed by atoms with Crippen LogP contribution in [-0.2, 0) is 5.41 Å². The van der Waals surface area contributed by atoms with Gasteiger partial charge in [-0.15, -0.1) is 0 Å². The molecule has 0 unspecified atom stereocenters. The van der Waals surface area contributed by atoms with E-state index in [9.17, 15) is 10.5 Å². The van der Waals surface area contributed by atoms with Crippen molar-refractivity contribution in [1.29, 1.82) is 10.5 Å². The van der Waals surface area contributed by atoms with Crippen molar-refractivity contribution < 1.29 is 0 Å². The summed E-state index contributed by atoms with van der Waals surface area (Å²) in [6, 6.07) is 14.0. The van der Waals surface area contributed by atoms with Crippen LogP contribution in [0.4, 0.5) is 0 Å². The molecule has 2 nitrogen and oxygen atoms in total. The molecule has 88 valence electrons. The summed E-state index contributed by atoms with van der Waals surface area (Å²) in [5.74, 6) is 0. The van der Waals surface area contributed by atoms with E-state index in [0.717, 1.165) is 16.3 Å². The summed E-state index contributed by atoms with van der Waals surface area (Å²) in [6.45, 7) is 6.20. The van der Waals surface area contributed by atoms with Crippen molar-refractivity contribution in [3.63, 3.8) is 0 Å². The fourth-order valence-electron chi connectivity index (χ4n) is 2.33. The van der Waals surface area contributed by atoms with Crippen molar-refractivity contribution in [3.8, 4) is 12.1 Å². The first-order valence-electron chi connectivity index (χ1n) is 5.85. The first-order chi connectivity index (χ1) is 8.49. The number of rotatable bonds is 0. The number of nitriles is 2. The minimum Gasteiger partial charge on any atom is -0.192 e. The molecule has 0 saturated heterocycles. The van der Waals surface area contributed by atoms with Gasteiger partial charge in [-0.2, -0.15) is 10.5 Å². The van der Waals surface area contributed by atoms with E-state index < -0.39 is 0 Å². The Kier molecular flexibility index (Phi) is 2.81. The van der Waals surface area contributed by atoms with Crippen LogP contribution in [0.25, 0.3) is 10.8 Å². The van der Waals surface area contributed by atoms with Gasteiger partial charge in [-0.05, 0) is 27.8 Å². The number of nitrogens with zero attached hydrogens (tertiary/aromatic N) is 2. The van der Waals surface area contributed by atoms with Crippen LogP contribution < -0.4 is 0 Å². The fourth-order valence-corrected chi connectivity index (χ4v) is 2.33. The van der Waals surface area contributed by atoms with Crippen LogP contribution in [0, 0.1) is 22.7 Å². The highest BCUT2D eigenvalue weighted by Crippen LogP contribution is 2.34. The molecule has 0 spiro atoms. The summed E-state index contributed by atoms with van der Waals surface area (Å²) < 4.78 is 0. The molecular weight excluding hydrogens is 220 g/mol. The molecule has 0 aromatic heterocycles. The van der Waals surface area contributed by atoms with Crippen LogP contribution in [-0.4, -0.2) is 0 Å². The summed E-state index contributed by atoms with van der Waals surface area (Å²) in [5, 5.41) is 20.6. The van der Waals surface area contributed by atoms with E-state index in [1.165, 1.54) is 0 Å². The van der Waals surface area contributed by atoms with Gasteiger partial charge in [0.05, 0.1) is 11.1 Å². The van der Waals surface area contributed by atoms with Gasteiger partial charge in [0.2, 0.25) is 0 Å². The summed E-state index contributed by atoms with van der Waals surface area (Å²) in [5.41, 5.74) is 1.75. The Morgan fingerprint density at radius 1 is 1.00 bits per heavy atom. The highest BCUT2D eigenvalue weighted by molar-refractivity contribution is 5.90. The molecule has 0 fully saturated rings. The number of hydrogen-bond donors (Lipinski definition) is 0. The maximum atomic E-state index is 9.35. The average Bonchev–Trinajstić information content (AvgIpc) is 2.34. The van der Waals surface area contributed by atoms with Crippen LogP contribution in [0.2, 0.25) is 0 Å². The molecule has 2 aromatic carbocycles. The minimum absolute atomic E-state index is 0.169. The third kappa shape index (κ3) is 1.83. The molecule has 0 atom stereocenters. The second kappa shape index (κ2) is 4.17. The highest BCUT2D eigenvalue weighted by atomic mass is 14.3. The lowest BCUT2D eigenvalue weighted by molar-refractivity contribution is 0.594. The van der Waals surface area contributed by atoms with E-state index in [2.05, 4.69) is 32.9 Å². The average molecular weight is 234 g/mol. The third-order valence-electron chi connectivity index (χ3n) is 3.03. The number of hydrogen-bond acceptors (Lipinski definition) is 2. The van der Waals surface area contributed by atoms with Crippen LogP contribution in [0.15, 0.2) is 30.3 Å². The Labute approximate surface area is 107 Å². The SMILES string of the molecule is CC(C)(C)c1c(C#N)c(C#N)cc2ccccc12. The van der Waals surface area contributed by atoms with Crippen molar-refractivity contribution in [1.82, 2.24) is 0 Å². The van der Waals surface area contributed by atoms with Crippen LogP contribution in [0.3, 0.4) is 0 Å². The first kappa shape index (κ1) is 12.1. The van der Waals surface area contributed by atoms with E-state index in [1.54, 1.807) is 6.07 Å². The zero-order valence-electron chi connectivity index (χ0n) is 10.8. The standard InChI is InChI=1S/C16H14N2/c1-16(2,3)15-13-7-5-4-6-11(13)8-12(9-17)14(15)10-18/h4-8H,1-3H3. The predicted octanol–water partition coefficient (Wildman–Crippen LogP) is 3.88. The van der Waals surface area contributed by atoms with Crippen molar-refractivity contribution in [3.05, 3.63) is 47.0 Å². The fraction of sp³-hybridized carbons (Fsp3) is 0.250. The molecule has 2 aromatic rings. The molecule has 0 heterocycles. The van der Waals surface area contributed by atoms with Gasteiger partial charge in [0.15, 0.2) is 0 Å². The number of benzene rings is 2. The summed E-state index contributed by atoms with van der Waals surface area (Å²) >= 11 is 0. The molecule has 2 rings (SSSR count). The Morgan fingerprint density at radius 2 is 1.67 bits per heavy atom. The van der Waals surface area contributed by atoms with Crippen molar-refractivity contribution in [2.24, 2.45) is 0 Å². The van der Waals surface area contributed by atoms with Gasteiger partial charge in [0.1, 0.15) is 12.1 Å². The van der Waals surface area contributed by atoms with Gasteiger partial charge in [0, 0.05) is 0 Å². The van der Waals surface area contributed by atoms with E-state index in [1.807, 2.05) is 24.3 Å². The molecule has 0 N–H and O–H groups in total. The quantitative estimate of drug-likeness (QED) is 0.694. The molecule has 18 heavy (non-hydrogen) atoms. The zero-order valence-corrected chi connectivity index (χ0v) is 10.8. The highest BCUT2D eigenvalue weighted by Gasteiger charge is 2.23. The summed E-state index contributed by atoms with van der Waals surface area (Å²) in [6.07, 6.45) is 0. The molecular formula is C16H14N2. The normalized spacial score (nSPS) is 10.9. The largest absolute Gasteiger partial charge is 0.192 e. The van der Waals surface area contributed by atoms with Crippen molar-refractivity contribution in [2.45, 2.75) is 26.2 Å². The second-order valence-electron chi connectivity index (χ2n) is 5.37. The molecule has 0 aliphatic carbocycles. The number of fused-ring (bicyclic) bond motifs is 1.